The second-order valence-electron chi connectivity index (χ2n) is 7.72. The van der Waals surface area contributed by atoms with Crippen molar-refractivity contribution in [3.8, 4) is 11.5 Å². The van der Waals surface area contributed by atoms with E-state index in [0.29, 0.717) is 41.6 Å². The number of anilines is 1. The predicted octanol–water partition coefficient (Wildman–Crippen LogP) is 3.95. The lowest BCUT2D eigenvalue weighted by Gasteiger charge is -2.29. The van der Waals surface area contributed by atoms with Gasteiger partial charge >= 0.3 is 0 Å². The highest BCUT2D eigenvalue weighted by molar-refractivity contribution is 6.02. The summed E-state index contributed by atoms with van der Waals surface area (Å²) in [6.07, 6.45) is 0. The zero-order chi connectivity index (χ0) is 24.1. The number of ether oxygens (including phenoxy) is 2. The van der Waals surface area contributed by atoms with Gasteiger partial charge in [-0.1, -0.05) is 18.2 Å². The molecule has 176 valence electrons. The third-order valence-electron chi connectivity index (χ3n) is 5.57. The van der Waals surface area contributed by atoms with Gasteiger partial charge in [0.15, 0.2) is 24.8 Å². The molecule has 34 heavy (non-hydrogen) atoms. The topological polar surface area (TPSA) is 89.3 Å². The van der Waals surface area contributed by atoms with Crippen molar-refractivity contribution in [1.29, 1.82) is 0 Å². The molecule has 0 aliphatic carbocycles. The van der Waals surface area contributed by atoms with Crippen LogP contribution in [0.4, 0.5) is 5.69 Å². The minimum absolute atomic E-state index is 0.110. The van der Waals surface area contributed by atoms with Gasteiger partial charge in [0.05, 0.1) is 12.2 Å². The molecule has 0 saturated heterocycles. The summed E-state index contributed by atoms with van der Waals surface area (Å²) in [7, 11) is 0. The molecule has 0 unspecified atom stereocenters. The van der Waals surface area contributed by atoms with Crippen molar-refractivity contribution in [1.82, 2.24) is 4.90 Å². The normalized spacial score (nSPS) is 12.6. The Morgan fingerprint density at radius 1 is 1.03 bits per heavy atom. The van der Waals surface area contributed by atoms with Gasteiger partial charge in [-0.25, -0.2) is 0 Å². The Labute approximate surface area is 197 Å². The second-order valence-corrected chi connectivity index (χ2v) is 7.72. The Morgan fingerprint density at radius 3 is 2.53 bits per heavy atom. The first-order valence-corrected chi connectivity index (χ1v) is 11.2. The predicted molar refractivity (Wildman–Crippen MR) is 125 cm³/mol. The number of furan rings is 1. The van der Waals surface area contributed by atoms with Crippen LogP contribution in [0.3, 0.4) is 0 Å². The highest BCUT2D eigenvalue weighted by Crippen LogP contribution is 2.34. The number of amides is 2. The maximum atomic E-state index is 12.7. The summed E-state index contributed by atoms with van der Waals surface area (Å²) in [4.78, 5) is 41.1. The molecule has 1 aliphatic heterocycles. The summed E-state index contributed by atoms with van der Waals surface area (Å²) in [6, 6.07) is 17.3. The quantitative estimate of drug-likeness (QED) is 0.448. The lowest BCUT2D eigenvalue weighted by Crippen LogP contribution is -2.38. The molecule has 2 aromatic carbocycles. The Balaban J connectivity index is 1.51. The highest BCUT2D eigenvalue weighted by Gasteiger charge is 2.28. The Hall–Kier alpha value is -4.07. The number of Topliss-reactive ketones (excluding diaryl/α,β-unsaturated/α-hetero) is 1. The number of benzene rings is 2. The zero-order valence-electron chi connectivity index (χ0n) is 19.2. The summed E-state index contributed by atoms with van der Waals surface area (Å²) >= 11 is 0. The van der Waals surface area contributed by atoms with E-state index in [4.69, 9.17) is 13.9 Å². The Kier molecular flexibility index (Phi) is 6.96. The van der Waals surface area contributed by atoms with E-state index in [9.17, 15) is 14.4 Å². The van der Waals surface area contributed by atoms with Gasteiger partial charge in [-0.05, 0) is 56.3 Å². The molecule has 3 aromatic rings. The van der Waals surface area contributed by atoms with Crippen LogP contribution in [0.2, 0.25) is 0 Å². The van der Waals surface area contributed by atoms with Crippen molar-refractivity contribution in [3.05, 3.63) is 77.7 Å². The Morgan fingerprint density at radius 2 is 1.79 bits per heavy atom. The molecule has 0 saturated carbocycles. The fourth-order valence-corrected chi connectivity index (χ4v) is 3.70. The number of hydrogen-bond donors (Lipinski definition) is 0. The number of carbonyl (C=O) groups is 3. The molecule has 2 amide bonds. The number of ketones is 1. The van der Waals surface area contributed by atoms with Gasteiger partial charge in [0, 0.05) is 18.7 Å². The zero-order valence-corrected chi connectivity index (χ0v) is 19.2. The van der Waals surface area contributed by atoms with Crippen LogP contribution >= 0.6 is 0 Å². The SMILES string of the molecule is CCN(CC)C(=O)c1ccc(CN2C(=O)COc3ccc(C(=O)COc4ccccc4)cc32)o1. The minimum Gasteiger partial charge on any atom is -0.485 e. The lowest BCUT2D eigenvalue weighted by atomic mass is 10.1. The third-order valence-corrected chi connectivity index (χ3v) is 5.57. The summed E-state index contributed by atoms with van der Waals surface area (Å²) in [6.45, 7) is 4.81. The molecular weight excluding hydrogens is 436 g/mol. The third kappa shape index (κ3) is 4.96. The van der Waals surface area contributed by atoms with E-state index in [-0.39, 0.29) is 43.1 Å². The number of hydrogen-bond acceptors (Lipinski definition) is 6. The van der Waals surface area contributed by atoms with Gasteiger partial charge in [0.2, 0.25) is 0 Å². The van der Waals surface area contributed by atoms with Crippen LogP contribution in [-0.4, -0.2) is 48.8 Å². The van der Waals surface area contributed by atoms with E-state index in [2.05, 4.69) is 0 Å². The minimum atomic E-state index is -0.273. The summed E-state index contributed by atoms with van der Waals surface area (Å²) in [5.41, 5.74) is 0.865. The molecule has 1 aromatic heterocycles. The van der Waals surface area contributed by atoms with Crippen molar-refractivity contribution in [3.63, 3.8) is 0 Å². The molecule has 2 heterocycles. The monoisotopic (exact) mass is 462 g/mol. The van der Waals surface area contributed by atoms with Crippen LogP contribution in [0, 0.1) is 0 Å². The first-order valence-electron chi connectivity index (χ1n) is 11.2. The van der Waals surface area contributed by atoms with Crippen molar-refractivity contribution in [2.45, 2.75) is 20.4 Å². The van der Waals surface area contributed by atoms with E-state index in [1.165, 1.54) is 4.90 Å². The largest absolute Gasteiger partial charge is 0.485 e. The van der Waals surface area contributed by atoms with Crippen LogP contribution < -0.4 is 14.4 Å². The summed E-state index contributed by atoms with van der Waals surface area (Å²) in [5, 5.41) is 0. The Bertz CT molecular complexity index is 1180. The molecule has 8 heteroatoms. The van der Waals surface area contributed by atoms with Crippen molar-refractivity contribution in [2.75, 3.05) is 31.2 Å². The first-order chi connectivity index (χ1) is 16.5. The standard InChI is InChI=1S/C26H26N2O6/c1-3-27(4-2)26(31)24-13-11-20(34-24)15-28-21-14-18(10-12-23(21)33-17-25(28)30)22(29)16-32-19-8-6-5-7-9-19/h5-14H,3-4,15-17H2,1-2H3. The molecule has 4 rings (SSSR count). The van der Waals surface area contributed by atoms with Crippen LogP contribution in [0.5, 0.6) is 11.5 Å². The fraction of sp³-hybridized carbons (Fsp3) is 0.269. The number of nitrogens with zero attached hydrogens (tertiary/aromatic N) is 2. The molecule has 0 spiro atoms. The van der Waals surface area contributed by atoms with Crippen molar-refractivity contribution in [2.24, 2.45) is 0 Å². The maximum Gasteiger partial charge on any atom is 0.289 e. The van der Waals surface area contributed by atoms with Crippen LogP contribution in [0.1, 0.15) is 40.5 Å². The molecular formula is C26H26N2O6. The van der Waals surface area contributed by atoms with E-state index < -0.39 is 0 Å². The van der Waals surface area contributed by atoms with E-state index in [1.54, 1.807) is 47.4 Å². The van der Waals surface area contributed by atoms with Crippen LogP contribution in [0.15, 0.2) is 65.1 Å². The maximum absolute atomic E-state index is 12.7. The fourth-order valence-electron chi connectivity index (χ4n) is 3.70. The van der Waals surface area contributed by atoms with E-state index in [1.807, 2.05) is 32.0 Å². The highest BCUT2D eigenvalue weighted by atomic mass is 16.5. The van der Waals surface area contributed by atoms with Gasteiger partial charge in [-0.2, -0.15) is 0 Å². The number of rotatable bonds is 9. The smallest absolute Gasteiger partial charge is 0.289 e. The molecule has 0 radical (unpaired) electrons. The van der Waals surface area contributed by atoms with Gasteiger partial charge < -0.3 is 18.8 Å². The number of fused-ring (bicyclic) bond motifs is 1. The molecule has 0 atom stereocenters. The number of para-hydroxylation sites is 1. The van der Waals surface area contributed by atoms with Crippen molar-refractivity contribution < 1.29 is 28.3 Å². The average Bonchev–Trinajstić information content (AvgIpc) is 3.34. The van der Waals surface area contributed by atoms with Gasteiger partial charge in [-0.3, -0.25) is 19.3 Å². The summed E-state index contributed by atoms with van der Waals surface area (Å²) < 4.78 is 16.9. The molecule has 0 N–H and O–H groups in total. The van der Waals surface area contributed by atoms with Gasteiger partial charge in [0.1, 0.15) is 17.3 Å². The molecule has 8 nitrogen and oxygen atoms in total. The molecule has 1 aliphatic rings. The lowest BCUT2D eigenvalue weighted by molar-refractivity contribution is -0.121. The molecule has 0 fully saturated rings. The van der Waals surface area contributed by atoms with E-state index in [0.717, 1.165) is 0 Å². The van der Waals surface area contributed by atoms with Crippen LogP contribution in [-0.2, 0) is 11.3 Å². The average molecular weight is 463 g/mol. The van der Waals surface area contributed by atoms with Gasteiger partial charge in [0.25, 0.3) is 11.8 Å². The van der Waals surface area contributed by atoms with Crippen molar-refractivity contribution >= 4 is 23.3 Å². The van der Waals surface area contributed by atoms with Gasteiger partial charge in [-0.15, -0.1) is 0 Å². The van der Waals surface area contributed by atoms with Crippen LogP contribution in [0.25, 0.3) is 0 Å². The van der Waals surface area contributed by atoms with E-state index >= 15 is 0 Å². The molecule has 0 bridgehead atoms. The summed E-state index contributed by atoms with van der Waals surface area (Å²) in [5.74, 6) is 1.08. The first kappa shape index (κ1) is 23.1. The second kappa shape index (κ2) is 10.2. The number of carbonyl (C=O) groups excluding carboxylic acids is 3.